The van der Waals surface area contributed by atoms with Gasteiger partial charge in [-0.1, -0.05) is 328 Å². The highest BCUT2D eigenvalue weighted by atomic mass is 15.0. The normalized spacial score (nSPS) is 11.8. The van der Waals surface area contributed by atoms with E-state index >= 15 is 0 Å². The molecule has 6 heterocycles. The molecular formula is C132H86N6. The molecule has 0 aliphatic rings. The lowest BCUT2D eigenvalue weighted by Gasteiger charge is -2.12. The number of hydrogen-bond donors (Lipinski definition) is 0. The predicted molar refractivity (Wildman–Crippen MR) is 585 cm³/mol. The summed E-state index contributed by atoms with van der Waals surface area (Å²) in [5.41, 5.74) is 30.1. The Kier molecular flexibility index (Phi) is 18.9. The van der Waals surface area contributed by atoms with Gasteiger partial charge in [-0.15, -0.1) is 0 Å². The van der Waals surface area contributed by atoms with Gasteiger partial charge in [0.25, 0.3) is 0 Å². The van der Waals surface area contributed by atoms with E-state index in [9.17, 15) is 0 Å². The van der Waals surface area contributed by atoms with Crippen molar-refractivity contribution in [3.63, 3.8) is 0 Å². The van der Waals surface area contributed by atoms with Gasteiger partial charge in [-0.3, -0.25) is 0 Å². The van der Waals surface area contributed by atoms with E-state index in [0.717, 1.165) is 28.4 Å². The minimum Gasteiger partial charge on any atom is -0.316 e. The lowest BCUT2D eigenvalue weighted by Crippen LogP contribution is -1.95. The molecule has 23 aromatic carbocycles. The maximum Gasteiger partial charge on any atom is 0.0635 e. The second-order valence-electron chi connectivity index (χ2n) is 36.4. The van der Waals surface area contributed by atoms with Gasteiger partial charge in [0.2, 0.25) is 0 Å². The van der Waals surface area contributed by atoms with E-state index in [1.54, 1.807) is 0 Å². The molecule has 0 N–H and O–H groups in total. The van der Waals surface area contributed by atoms with E-state index in [0.29, 0.717) is 0 Å². The molecule has 0 atom stereocenters. The van der Waals surface area contributed by atoms with Gasteiger partial charge in [0, 0.05) is 101 Å². The summed E-state index contributed by atoms with van der Waals surface area (Å²) in [4.78, 5) is 0. The van der Waals surface area contributed by atoms with Crippen LogP contribution >= 0.6 is 0 Å². The summed E-state index contributed by atoms with van der Waals surface area (Å²) in [6, 6.07) is 183. The van der Waals surface area contributed by atoms with Crippen LogP contribution in [0.25, 0.3) is 253 Å². The topological polar surface area (TPSA) is 29.6 Å². The predicted octanol–water partition coefficient (Wildman–Crippen LogP) is 35.4. The van der Waals surface area contributed by atoms with Gasteiger partial charge in [-0.2, -0.15) is 0 Å². The Morgan fingerprint density at radius 2 is 0.355 bits per heavy atom. The third-order valence-corrected chi connectivity index (χ3v) is 28.5. The molecule has 0 aliphatic heterocycles. The van der Waals surface area contributed by atoms with Crippen LogP contribution in [0.3, 0.4) is 0 Å². The fraction of sp³-hybridized carbons (Fsp3) is 0. The van der Waals surface area contributed by atoms with Gasteiger partial charge >= 0.3 is 0 Å². The monoisotopic (exact) mass is 1750 g/mol. The SMILES string of the molecule is c1ccc(-c2ccc(-n3ccc4c3ccc3c5ccccc5n(-c5ccc(-c6ccc7cc8ccccc8cc7c6)cc5)c34)cc2)cc1.c1ccc(-c2ccc(-n3ccc4c3ccc3c5ccccc5n(-c5ccc6cc7ccccc7cc6c5)c34)cc2)cc1.c1ccc(-c2ccc(-n3ccc4c3ccc3c5ccccc5n(-c5cccc(-c6ccc7cc8ccccc8cc7c6)c5)c34)cc2)cc1. The van der Waals surface area contributed by atoms with Crippen LogP contribution in [0.2, 0.25) is 0 Å². The Hall–Kier alpha value is -18.4. The fourth-order valence-electron chi connectivity index (χ4n) is 21.8. The quantitative estimate of drug-likeness (QED) is 0.116. The molecule has 29 aromatic rings. The van der Waals surface area contributed by atoms with Crippen LogP contribution in [0.15, 0.2) is 522 Å². The first-order chi connectivity index (χ1) is 68.4. The maximum atomic E-state index is 2.45. The Morgan fingerprint density at radius 3 is 0.725 bits per heavy atom. The summed E-state index contributed by atoms with van der Waals surface area (Å²) in [5.74, 6) is 0. The molecule has 0 fully saturated rings. The molecular weight excluding hydrogens is 1670 g/mol. The second-order valence-corrected chi connectivity index (χ2v) is 36.4. The summed E-state index contributed by atoms with van der Waals surface area (Å²) in [6.07, 6.45) is 6.62. The van der Waals surface area contributed by atoms with Crippen LogP contribution in [0.1, 0.15) is 0 Å². The minimum atomic E-state index is 1.15. The smallest absolute Gasteiger partial charge is 0.0635 e. The number of para-hydroxylation sites is 3. The van der Waals surface area contributed by atoms with E-state index in [2.05, 4.69) is 550 Å². The molecule has 0 unspecified atom stereocenters. The van der Waals surface area contributed by atoms with Crippen LogP contribution in [0.4, 0.5) is 0 Å². The first kappa shape index (κ1) is 79.4. The largest absolute Gasteiger partial charge is 0.316 e. The summed E-state index contributed by atoms with van der Waals surface area (Å²) >= 11 is 0. The van der Waals surface area contributed by atoms with Gasteiger partial charge < -0.3 is 27.4 Å². The molecule has 0 bridgehead atoms. The van der Waals surface area contributed by atoms with Crippen LogP contribution in [0.5, 0.6) is 0 Å². The molecule has 0 spiro atoms. The van der Waals surface area contributed by atoms with Crippen molar-refractivity contribution < 1.29 is 0 Å². The Morgan fingerprint density at radius 1 is 0.109 bits per heavy atom. The van der Waals surface area contributed by atoms with Crippen LogP contribution in [-0.2, 0) is 0 Å². The van der Waals surface area contributed by atoms with Crippen molar-refractivity contribution in [2.75, 3.05) is 0 Å². The Balaban J connectivity index is 0.000000105. The number of aromatic nitrogens is 6. The maximum absolute atomic E-state index is 2.45. The van der Waals surface area contributed by atoms with Crippen molar-refractivity contribution in [1.29, 1.82) is 0 Å². The summed E-state index contributed by atoms with van der Waals surface area (Å²) in [6.45, 7) is 0. The molecule has 29 rings (SSSR count). The van der Waals surface area contributed by atoms with Crippen molar-refractivity contribution in [2.45, 2.75) is 0 Å². The second kappa shape index (κ2) is 32.8. The van der Waals surface area contributed by atoms with Gasteiger partial charge in [-0.25, -0.2) is 0 Å². The van der Waals surface area contributed by atoms with E-state index in [-0.39, 0.29) is 0 Å². The van der Waals surface area contributed by atoms with E-state index < -0.39 is 0 Å². The lowest BCUT2D eigenvalue weighted by atomic mass is 9.98. The first-order valence-electron chi connectivity index (χ1n) is 47.5. The zero-order valence-corrected chi connectivity index (χ0v) is 75.3. The Labute approximate surface area is 796 Å². The highest BCUT2D eigenvalue weighted by Crippen LogP contribution is 2.45. The number of fused-ring (bicyclic) bond motifs is 21. The minimum absolute atomic E-state index is 1.15. The number of hydrogen-bond acceptors (Lipinski definition) is 0. The zero-order valence-electron chi connectivity index (χ0n) is 75.3. The van der Waals surface area contributed by atoms with Crippen LogP contribution < -0.4 is 0 Å². The van der Waals surface area contributed by atoms with Gasteiger partial charge in [0.05, 0.1) is 49.7 Å². The van der Waals surface area contributed by atoms with E-state index in [1.807, 2.05) is 0 Å². The zero-order chi connectivity index (χ0) is 90.8. The molecule has 0 radical (unpaired) electrons. The van der Waals surface area contributed by atoms with Crippen molar-refractivity contribution in [3.05, 3.63) is 522 Å². The highest BCUT2D eigenvalue weighted by molar-refractivity contribution is 6.22. The fourth-order valence-corrected chi connectivity index (χ4v) is 21.8. The van der Waals surface area contributed by atoms with E-state index in [4.69, 9.17) is 0 Å². The summed E-state index contributed by atoms with van der Waals surface area (Å²) < 4.78 is 14.3. The number of benzene rings is 23. The highest BCUT2D eigenvalue weighted by Gasteiger charge is 2.23. The van der Waals surface area contributed by atoms with Gasteiger partial charge in [0.1, 0.15) is 0 Å². The van der Waals surface area contributed by atoms with Crippen LogP contribution in [-0.4, -0.2) is 27.4 Å². The molecule has 6 heteroatoms. The molecule has 6 nitrogen and oxygen atoms in total. The molecule has 138 heavy (non-hydrogen) atoms. The first-order valence-corrected chi connectivity index (χ1v) is 47.5. The average Bonchev–Trinajstić information content (AvgIpc) is 1.81. The van der Waals surface area contributed by atoms with Crippen molar-refractivity contribution >= 4 is 163 Å². The third kappa shape index (κ3) is 13.6. The van der Waals surface area contributed by atoms with Crippen molar-refractivity contribution in [3.8, 4) is 89.8 Å². The van der Waals surface area contributed by atoms with Crippen molar-refractivity contribution in [1.82, 2.24) is 27.4 Å². The standard InChI is InChI=1S/2C46H30N2.C40H26N2/c1-2-9-31(10-3-1)32-19-21-39(22-20-32)47-26-25-43-44(47)24-23-42-41-15-6-7-16-45(41)48(46(42)43)40-14-8-13-35(30-40)36-17-18-37-27-33-11-4-5-12-34(33)28-38(37)29-36;1-2-8-31(9-3-1)32-16-20-39(21-17-32)47-27-26-43-44(47)25-24-42-41-12-6-7-13-45(41)48(46(42)43)40-22-18-33(19-23-40)36-14-15-37-28-34-10-4-5-11-35(34)29-38(37)30-36;1-2-8-27(9-3-1)28-14-17-33(18-15-28)41-23-22-37-38(41)21-20-36-35-12-6-7-13-39(35)42(40(36)37)34-19-16-31-24-29-10-4-5-11-30(29)25-32(31)26-34/h2*1-30H;1-26H. The summed E-state index contributed by atoms with van der Waals surface area (Å²) in [5, 5.41) is 26.5. The molecule has 0 saturated heterocycles. The average molecular weight is 1760 g/mol. The van der Waals surface area contributed by atoms with Crippen LogP contribution in [0, 0.1) is 0 Å². The van der Waals surface area contributed by atoms with Crippen molar-refractivity contribution in [2.24, 2.45) is 0 Å². The molecule has 6 aromatic heterocycles. The van der Waals surface area contributed by atoms with Gasteiger partial charge in [-0.05, 0) is 296 Å². The number of rotatable bonds is 11. The number of nitrogens with zero attached hydrogens (tertiary/aromatic N) is 6. The van der Waals surface area contributed by atoms with E-state index in [1.165, 1.54) is 224 Å². The Bertz CT molecular complexity index is 9860. The molecule has 0 saturated carbocycles. The molecule has 644 valence electrons. The molecule has 0 amide bonds. The summed E-state index contributed by atoms with van der Waals surface area (Å²) in [7, 11) is 0. The molecule has 0 aliphatic carbocycles. The lowest BCUT2D eigenvalue weighted by molar-refractivity contribution is 1.13. The van der Waals surface area contributed by atoms with Gasteiger partial charge in [0.15, 0.2) is 0 Å². The third-order valence-electron chi connectivity index (χ3n) is 28.5.